The van der Waals surface area contributed by atoms with Crippen LogP contribution in [0.5, 0.6) is 0 Å². The molecule has 0 aliphatic rings. The lowest BCUT2D eigenvalue weighted by Gasteiger charge is -2.03. The maximum absolute atomic E-state index is 10.8. The number of hydrogen-bond acceptors (Lipinski definition) is 3. The predicted molar refractivity (Wildman–Crippen MR) is 73.5 cm³/mol. The van der Waals surface area contributed by atoms with Crippen molar-refractivity contribution in [3.8, 4) is 0 Å². The molecule has 3 nitrogen and oxygen atoms in total. The highest BCUT2D eigenvalue weighted by atomic mass is 16.5. The van der Waals surface area contributed by atoms with Crippen LogP contribution < -0.4 is 0 Å². The van der Waals surface area contributed by atoms with Crippen molar-refractivity contribution in [3.05, 3.63) is 0 Å². The van der Waals surface area contributed by atoms with Crippen LogP contribution in [0.1, 0.15) is 77.6 Å². The van der Waals surface area contributed by atoms with Crippen LogP contribution in [0.2, 0.25) is 0 Å². The summed E-state index contributed by atoms with van der Waals surface area (Å²) in [6.45, 7) is 2.40. The molecule has 0 bridgehead atoms. The molecule has 0 atom stereocenters. The molecule has 0 aromatic rings. The molecule has 0 heterocycles. The molecule has 0 rings (SSSR count). The molecule has 0 fully saturated rings. The van der Waals surface area contributed by atoms with E-state index in [1.54, 1.807) is 0 Å². The van der Waals surface area contributed by atoms with Gasteiger partial charge in [0.05, 0.1) is 6.61 Å². The van der Waals surface area contributed by atoms with Gasteiger partial charge >= 0.3 is 5.97 Å². The maximum atomic E-state index is 10.8. The summed E-state index contributed by atoms with van der Waals surface area (Å²) in [4.78, 5) is 20.9. The van der Waals surface area contributed by atoms with Gasteiger partial charge in [-0.25, -0.2) is 0 Å². The third-order valence-electron chi connectivity index (χ3n) is 3.02. The fourth-order valence-electron chi connectivity index (χ4n) is 1.86. The number of rotatable bonds is 13. The minimum Gasteiger partial charge on any atom is -0.466 e. The number of carbonyl (C=O) groups excluding carboxylic acids is 2. The quantitative estimate of drug-likeness (QED) is 0.284. The lowest BCUT2D eigenvalue weighted by molar-refractivity contribution is -0.143. The van der Waals surface area contributed by atoms with Gasteiger partial charge in [-0.1, -0.05) is 51.9 Å². The van der Waals surface area contributed by atoms with Gasteiger partial charge in [0.25, 0.3) is 0 Å². The van der Waals surface area contributed by atoms with E-state index < -0.39 is 0 Å². The van der Waals surface area contributed by atoms with Crippen LogP contribution in [0.25, 0.3) is 0 Å². The van der Waals surface area contributed by atoms with Gasteiger partial charge in [-0.2, -0.15) is 0 Å². The summed E-state index contributed by atoms with van der Waals surface area (Å²) in [7, 11) is 0. The highest BCUT2D eigenvalue weighted by Crippen LogP contribution is 2.10. The number of hydrogen-bond donors (Lipinski definition) is 0. The molecule has 3 heteroatoms. The van der Waals surface area contributed by atoms with Crippen molar-refractivity contribution in [2.24, 2.45) is 0 Å². The van der Waals surface area contributed by atoms with Crippen molar-refractivity contribution in [3.63, 3.8) is 0 Å². The molecule has 0 N–H and O–H groups in total. The first-order valence-corrected chi connectivity index (χ1v) is 7.40. The Balaban J connectivity index is 2.98. The standard InChI is InChI=1S/C15H28O3/c1-2-15(17)18-14-12-10-8-6-4-3-5-7-9-11-13-16/h13H,2-12,14H2,1H3. The molecular weight excluding hydrogens is 228 g/mol. The summed E-state index contributed by atoms with van der Waals surface area (Å²) in [5, 5.41) is 0. The second-order valence-electron chi connectivity index (χ2n) is 4.71. The third-order valence-corrected chi connectivity index (χ3v) is 3.02. The van der Waals surface area contributed by atoms with Gasteiger partial charge in [0.1, 0.15) is 6.29 Å². The molecule has 0 amide bonds. The summed E-state index contributed by atoms with van der Waals surface area (Å²) in [6.07, 6.45) is 12.9. The fourth-order valence-corrected chi connectivity index (χ4v) is 1.86. The van der Waals surface area contributed by atoms with Crippen LogP contribution >= 0.6 is 0 Å². The van der Waals surface area contributed by atoms with Gasteiger partial charge in [0.15, 0.2) is 0 Å². The zero-order valence-electron chi connectivity index (χ0n) is 11.8. The topological polar surface area (TPSA) is 43.4 Å². The van der Waals surface area contributed by atoms with Crippen molar-refractivity contribution >= 4 is 12.3 Å². The van der Waals surface area contributed by atoms with E-state index in [9.17, 15) is 9.59 Å². The average Bonchev–Trinajstić information content (AvgIpc) is 2.39. The molecule has 0 aromatic carbocycles. The van der Waals surface area contributed by atoms with Crippen molar-refractivity contribution in [2.45, 2.75) is 77.6 Å². The highest BCUT2D eigenvalue weighted by molar-refractivity contribution is 5.68. The molecule has 0 spiro atoms. The van der Waals surface area contributed by atoms with E-state index in [4.69, 9.17) is 4.74 Å². The van der Waals surface area contributed by atoms with Crippen LogP contribution in [0, 0.1) is 0 Å². The second-order valence-corrected chi connectivity index (χ2v) is 4.71. The molecule has 0 saturated carbocycles. The Morgan fingerprint density at radius 2 is 1.39 bits per heavy atom. The van der Waals surface area contributed by atoms with Gasteiger partial charge < -0.3 is 9.53 Å². The SMILES string of the molecule is CCC(=O)OCCCCCCCCCCCC=O. The van der Waals surface area contributed by atoms with Crippen LogP contribution in [-0.4, -0.2) is 18.9 Å². The first kappa shape index (κ1) is 17.1. The molecule has 0 unspecified atom stereocenters. The molecule has 18 heavy (non-hydrogen) atoms. The molecule has 0 aliphatic heterocycles. The normalized spacial score (nSPS) is 10.3. The van der Waals surface area contributed by atoms with E-state index in [0.29, 0.717) is 13.0 Å². The van der Waals surface area contributed by atoms with Gasteiger partial charge in [-0.3, -0.25) is 4.79 Å². The Labute approximate surface area is 111 Å². The van der Waals surface area contributed by atoms with Gasteiger partial charge in [0, 0.05) is 12.8 Å². The largest absolute Gasteiger partial charge is 0.466 e. The number of aldehydes is 1. The van der Waals surface area contributed by atoms with Crippen molar-refractivity contribution in [1.29, 1.82) is 0 Å². The minimum absolute atomic E-state index is 0.0923. The number of esters is 1. The van der Waals surface area contributed by atoms with E-state index in [0.717, 1.165) is 32.0 Å². The zero-order chi connectivity index (χ0) is 13.5. The van der Waals surface area contributed by atoms with E-state index in [-0.39, 0.29) is 5.97 Å². The van der Waals surface area contributed by atoms with E-state index >= 15 is 0 Å². The Morgan fingerprint density at radius 1 is 0.889 bits per heavy atom. The van der Waals surface area contributed by atoms with Crippen LogP contribution in [-0.2, 0) is 14.3 Å². The van der Waals surface area contributed by atoms with Crippen molar-refractivity contribution in [2.75, 3.05) is 6.61 Å². The molecule has 0 saturated heterocycles. The monoisotopic (exact) mass is 256 g/mol. The van der Waals surface area contributed by atoms with Crippen LogP contribution in [0.3, 0.4) is 0 Å². The van der Waals surface area contributed by atoms with Crippen molar-refractivity contribution < 1.29 is 14.3 Å². The Kier molecular flexibility index (Phi) is 13.5. The van der Waals surface area contributed by atoms with Gasteiger partial charge in [0.2, 0.25) is 0 Å². The summed E-state index contributed by atoms with van der Waals surface area (Å²) in [6, 6.07) is 0. The lowest BCUT2D eigenvalue weighted by Crippen LogP contribution is -2.03. The first-order chi connectivity index (χ1) is 8.81. The predicted octanol–water partition coefficient (Wildman–Crippen LogP) is 4.04. The van der Waals surface area contributed by atoms with Crippen LogP contribution in [0.4, 0.5) is 0 Å². The Bertz CT molecular complexity index is 202. The fraction of sp³-hybridized carbons (Fsp3) is 0.867. The van der Waals surface area contributed by atoms with Crippen LogP contribution in [0.15, 0.2) is 0 Å². The average molecular weight is 256 g/mol. The minimum atomic E-state index is -0.0923. The first-order valence-electron chi connectivity index (χ1n) is 7.40. The summed E-state index contributed by atoms with van der Waals surface area (Å²) >= 11 is 0. The van der Waals surface area contributed by atoms with Crippen molar-refractivity contribution in [1.82, 2.24) is 0 Å². The molecule has 106 valence electrons. The molecule has 0 aliphatic carbocycles. The summed E-state index contributed by atoms with van der Waals surface area (Å²) in [5.74, 6) is -0.0923. The number of unbranched alkanes of at least 4 members (excludes halogenated alkanes) is 9. The second kappa shape index (κ2) is 14.2. The smallest absolute Gasteiger partial charge is 0.305 e. The van der Waals surface area contributed by atoms with Gasteiger partial charge in [-0.05, 0) is 12.8 Å². The summed E-state index contributed by atoms with van der Waals surface area (Å²) < 4.78 is 5.01. The molecular formula is C15H28O3. The number of carbonyl (C=O) groups is 2. The summed E-state index contributed by atoms with van der Waals surface area (Å²) in [5.41, 5.74) is 0. The maximum Gasteiger partial charge on any atom is 0.305 e. The zero-order valence-corrected chi connectivity index (χ0v) is 11.8. The Morgan fingerprint density at radius 3 is 1.89 bits per heavy atom. The third kappa shape index (κ3) is 13.2. The Hall–Kier alpha value is -0.860. The molecule has 0 aromatic heterocycles. The van der Waals surface area contributed by atoms with Gasteiger partial charge in [-0.15, -0.1) is 0 Å². The van der Waals surface area contributed by atoms with E-state index in [2.05, 4.69) is 0 Å². The highest BCUT2D eigenvalue weighted by Gasteiger charge is 1.97. The number of ether oxygens (including phenoxy) is 1. The molecule has 0 radical (unpaired) electrons. The lowest BCUT2D eigenvalue weighted by atomic mass is 10.1. The van der Waals surface area contributed by atoms with E-state index in [1.165, 1.54) is 38.5 Å². The van der Waals surface area contributed by atoms with E-state index in [1.807, 2.05) is 6.92 Å².